The normalized spacial score (nSPS) is 9.92. The van der Waals surface area contributed by atoms with Gasteiger partial charge in [-0.15, -0.1) is 0 Å². The molecule has 0 unspecified atom stereocenters. The van der Waals surface area contributed by atoms with Gasteiger partial charge in [-0.05, 0) is 18.2 Å². The van der Waals surface area contributed by atoms with Crippen molar-refractivity contribution in [2.24, 2.45) is 0 Å². The maximum atomic E-state index is 5.16. The van der Waals surface area contributed by atoms with Crippen LogP contribution in [0, 0.1) is 6.07 Å². The fraction of sp³-hybridized carbons (Fsp3) is 0.100. The van der Waals surface area contributed by atoms with Crippen molar-refractivity contribution in [1.82, 2.24) is 4.98 Å². The lowest BCUT2D eigenvalue weighted by Crippen LogP contribution is -1.85. The van der Waals surface area contributed by atoms with Crippen LogP contribution in [0.25, 0.3) is 11.3 Å². The highest BCUT2D eigenvalue weighted by atomic mass is 16.5. The molecule has 0 amide bonds. The molecule has 0 atom stereocenters. The van der Waals surface area contributed by atoms with E-state index in [0.29, 0.717) is 5.76 Å². The van der Waals surface area contributed by atoms with Gasteiger partial charge in [-0.1, -0.05) is 6.07 Å². The molecule has 0 aliphatic heterocycles. The largest absolute Gasteiger partial charge is 0.496 e. The van der Waals surface area contributed by atoms with Crippen LogP contribution in [0.15, 0.2) is 35.2 Å². The van der Waals surface area contributed by atoms with Crippen LogP contribution < -0.4 is 4.74 Å². The molecule has 0 N–H and O–H groups in total. The molecule has 65 valence electrons. The molecule has 0 bridgehead atoms. The molecule has 3 heteroatoms. The van der Waals surface area contributed by atoms with Gasteiger partial charge < -0.3 is 9.15 Å². The van der Waals surface area contributed by atoms with Gasteiger partial charge in [-0.2, -0.15) is 0 Å². The average Bonchev–Trinajstić information content (AvgIpc) is 2.70. The Kier molecular flexibility index (Phi) is 2.00. The van der Waals surface area contributed by atoms with E-state index in [1.165, 1.54) is 6.39 Å². The molecule has 1 aromatic heterocycles. The van der Waals surface area contributed by atoms with E-state index in [1.54, 1.807) is 25.4 Å². The predicted molar refractivity (Wildman–Crippen MR) is 47.3 cm³/mol. The van der Waals surface area contributed by atoms with Crippen LogP contribution in [0.3, 0.4) is 0 Å². The first-order chi connectivity index (χ1) is 6.42. The van der Waals surface area contributed by atoms with Gasteiger partial charge in [0.15, 0.2) is 12.2 Å². The quantitative estimate of drug-likeness (QED) is 0.699. The molecular formula is C10H8NO2. The van der Waals surface area contributed by atoms with E-state index in [9.17, 15) is 0 Å². The van der Waals surface area contributed by atoms with Gasteiger partial charge >= 0.3 is 0 Å². The molecule has 2 rings (SSSR count). The molecule has 0 aliphatic rings. The minimum absolute atomic E-state index is 0.700. The molecule has 2 aromatic rings. The summed E-state index contributed by atoms with van der Waals surface area (Å²) in [5.41, 5.74) is 0.888. The van der Waals surface area contributed by atoms with Crippen LogP contribution >= 0.6 is 0 Å². The van der Waals surface area contributed by atoms with E-state index in [-0.39, 0.29) is 0 Å². The Labute approximate surface area is 76.0 Å². The summed E-state index contributed by atoms with van der Waals surface area (Å²) in [4.78, 5) is 3.84. The highest BCUT2D eigenvalue weighted by Gasteiger charge is 2.06. The van der Waals surface area contributed by atoms with Crippen LogP contribution in [0.2, 0.25) is 0 Å². The number of aromatic nitrogens is 1. The van der Waals surface area contributed by atoms with Crippen molar-refractivity contribution in [2.75, 3.05) is 7.11 Å². The standard InChI is InChI=1S/C10H8NO2/c1-12-9-5-3-2-4-8(9)10-6-11-7-13-10/h2,4-7H,1H3. The minimum Gasteiger partial charge on any atom is -0.496 e. The predicted octanol–water partition coefficient (Wildman–Crippen LogP) is 2.15. The van der Waals surface area contributed by atoms with Gasteiger partial charge in [-0.3, -0.25) is 0 Å². The molecule has 1 heterocycles. The summed E-state index contributed by atoms with van der Waals surface area (Å²) < 4.78 is 10.3. The van der Waals surface area contributed by atoms with E-state index in [4.69, 9.17) is 9.15 Å². The summed E-state index contributed by atoms with van der Waals surface area (Å²) in [7, 11) is 1.61. The van der Waals surface area contributed by atoms with Crippen molar-refractivity contribution in [2.45, 2.75) is 0 Å². The SMILES string of the molecule is COc1c[c]ccc1-c1cnco1. The summed E-state index contributed by atoms with van der Waals surface area (Å²) in [6.07, 6.45) is 3.04. The lowest BCUT2D eigenvalue weighted by atomic mass is 10.1. The summed E-state index contributed by atoms with van der Waals surface area (Å²) in [5.74, 6) is 1.44. The van der Waals surface area contributed by atoms with Gasteiger partial charge in [0.05, 0.1) is 18.9 Å². The summed E-state index contributed by atoms with van der Waals surface area (Å²) in [6, 6.07) is 8.37. The van der Waals surface area contributed by atoms with Gasteiger partial charge in [0.1, 0.15) is 5.75 Å². The summed E-state index contributed by atoms with van der Waals surface area (Å²) in [5, 5.41) is 0. The number of ether oxygens (including phenoxy) is 1. The Morgan fingerprint density at radius 1 is 1.54 bits per heavy atom. The van der Waals surface area contributed by atoms with Gasteiger partial charge in [-0.25, -0.2) is 4.98 Å². The first-order valence-electron chi connectivity index (χ1n) is 3.85. The van der Waals surface area contributed by atoms with Gasteiger partial charge in [0, 0.05) is 0 Å². The van der Waals surface area contributed by atoms with Crippen molar-refractivity contribution < 1.29 is 9.15 Å². The molecule has 13 heavy (non-hydrogen) atoms. The molecule has 1 aromatic carbocycles. The minimum atomic E-state index is 0.700. The first-order valence-corrected chi connectivity index (χ1v) is 3.85. The van der Waals surface area contributed by atoms with Gasteiger partial charge in [0.2, 0.25) is 0 Å². The van der Waals surface area contributed by atoms with Crippen LogP contribution in [0.5, 0.6) is 5.75 Å². The lowest BCUT2D eigenvalue weighted by Gasteiger charge is -2.03. The van der Waals surface area contributed by atoms with Crippen LogP contribution in [-0.2, 0) is 0 Å². The number of methoxy groups -OCH3 is 1. The topological polar surface area (TPSA) is 35.3 Å². The third kappa shape index (κ3) is 1.40. The average molecular weight is 174 g/mol. The van der Waals surface area contributed by atoms with Gasteiger partial charge in [0.25, 0.3) is 0 Å². The highest BCUT2D eigenvalue weighted by molar-refractivity contribution is 5.64. The zero-order valence-corrected chi connectivity index (χ0v) is 7.15. The molecule has 3 nitrogen and oxygen atoms in total. The monoisotopic (exact) mass is 174 g/mol. The summed E-state index contributed by atoms with van der Waals surface area (Å²) >= 11 is 0. The molecule has 0 fully saturated rings. The fourth-order valence-corrected chi connectivity index (χ4v) is 1.14. The smallest absolute Gasteiger partial charge is 0.181 e. The van der Waals surface area contributed by atoms with Crippen LogP contribution in [0.4, 0.5) is 0 Å². The molecule has 1 radical (unpaired) electrons. The van der Waals surface area contributed by atoms with Crippen molar-refractivity contribution in [1.29, 1.82) is 0 Å². The second-order valence-electron chi connectivity index (χ2n) is 2.49. The number of oxazole rings is 1. The Morgan fingerprint density at radius 3 is 3.15 bits per heavy atom. The maximum absolute atomic E-state index is 5.16. The van der Waals surface area contributed by atoms with E-state index < -0.39 is 0 Å². The Hall–Kier alpha value is -1.77. The molecule has 0 saturated heterocycles. The number of hydrogen-bond acceptors (Lipinski definition) is 3. The van der Waals surface area contributed by atoms with E-state index in [2.05, 4.69) is 11.1 Å². The highest BCUT2D eigenvalue weighted by Crippen LogP contribution is 2.28. The third-order valence-corrected chi connectivity index (χ3v) is 1.74. The first kappa shape index (κ1) is 7.86. The zero-order valence-electron chi connectivity index (χ0n) is 7.15. The summed E-state index contributed by atoms with van der Waals surface area (Å²) in [6.45, 7) is 0. The van der Waals surface area contributed by atoms with Crippen molar-refractivity contribution in [3.8, 4) is 17.1 Å². The number of benzene rings is 1. The molecule has 0 aliphatic carbocycles. The molecular weight excluding hydrogens is 166 g/mol. The fourth-order valence-electron chi connectivity index (χ4n) is 1.14. The lowest BCUT2D eigenvalue weighted by molar-refractivity contribution is 0.414. The second kappa shape index (κ2) is 3.31. The van der Waals surface area contributed by atoms with Crippen LogP contribution in [0.1, 0.15) is 0 Å². The van der Waals surface area contributed by atoms with Crippen molar-refractivity contribution >= 4 is 0 Å². The van der Waals surface area contributed by atoms with E-state index in [1.807, 2.05) is 6.07 Å². The Bertz CT molecular complexity index is 382. The Balaban J connectivity index is 2.51. The van der Waals surface area contributed by atoms with E-state index >= 15 is 0 Å². The third-order valence-electron chi connectivity index (χ3n) is 1.74. The molecule has 0 saturated carbocycles. The number of hydrogen-bond donors (Lipinski definition) is 0. The Morgan fingerprint density at radius 2 is 2.46 bits per heavy atom. The maximum Gasteiger partial charge on any atom is 0.181 e. The second-order valence-corrected chi connectivity index (χ2v) is 2.49. The van der Waals surface area contributed by atoms with E-state index in [0.717, 1.165) is 11.3 Å². The molecule has 0 spiro atoms. The number of nitrogens with zero attached hydrogens (tertiary/aromatic N) is 1. The van der Waals surface area contributed by atoms with Crippen LogP contribution in [-0.4, -0.2) is 12.1 Å². The van der Waals surface area contributed by atoms with Crippen molar-refractivity contribution in [3.63, 3.8) is 0 Å². The van der Waals surface area contributed by atoms with Crippen molar-refractivity contribution in [3.05, 3.63) is 36.9 Å². The zero-order chi connectivity index (χ0) is 9.10. The number of rotatable bonds is 2.